The number of carbonyl (C=O) groups excluding carboxylic acids is 2. The van der Waals surface area contributed by atoms with Crippen LogP contribution in [0.1, 0.15) is 55.2 Å². The molecule has 178 valence electrons. The summed E-state index contributed by atoms with van der Waals surface area (Å²) in [5.74, 6) is -0.297. The van der Waals surface area contributed by atoms with E-state index >= 15 is 0 Å². The van der Waals surface area contributed by atoms with Gasteiger partial charge in [-0.15, -0.1) is 0 Å². The first-order valence-electron chi connectivity index (χ1n) is 11.0. The van der Waals surface area contributed by atoms with Crippen LogP contribution < -0.4 is 5.32 Å². The average Bonchev–Trinajstić information content (AvgIpc) is 3.20. The lowest BCUT2D eigenvalue weighted by Gasteiger charge is -2.38. The summed E-state index contributed by atoms with van der Waals surface area (Å²) in [4.78, 5) is 29.1. The highest BCUT2D eigenvalue weighted by atomic mass is 19.4. The lowest BCUT2D eigenvalue weighted by atomic mass is 9.94. The van der Waals surface area contributed by atoms with Crippen LogP contribution >= 0.6 is 0 Å². The van der Waals surface area contributed by atoms with Gasteiger partial charge in [0.05, 0.1) is 12.2 Å². The lowest BCUT2D eigenvalue weighted by molar-refractivity contribution is -0.173. The number of piperazine rings is 1. The van der Waals surface area contributed by atoms with Crippen LogP contribution in [0.15, 0.2) is 36.5 Å². The minimum atomic E-state index is -4.50. The van der Waals surface area contributed by atoms with Crippen molar-refractivity contribution in [2.24, 2.45) is 5.41 Å². The topological polar surface area (TPSA) is 70.5 Å². The smallest absolute Gasteiger partial charge is 0.363 e. The molecule has 2 aromatic rings. The Morgan fingerprint density at radius 1 is 1.00 bits per heavy atom. The van der Waals surface area contributed by atoms with Gasteiger partial charge in [0.25, 0.3) is 5.91 Å². The Morgan fingerprint density at radius 3 is 2.18 bits per heavy atom. The van der Waals surface area contributed by atoms with E-state index in [1.54, 1.807) is 40.1 Å². The van der Waals surface area contributed by atoms with E-state index in [0.29, 0.717) is 31.7 Å². The van der Waals surface area contributed by atoms with Crippen molar-refractivity contribution in [1.29, 1.82) is 0 Å². The number of nitrogens with zero attached hydrogens (tertiary/aromatic N) is 4. The lowest BCUT2D eigenvalue weighted by Crippen LogP contribution is -2.53. The zero-order chi connectivity index (χ0) is 24.0. The molecule has 0 unspecified atom stereocenters. The van der Waals surface area contributed by atoms with Crippen LogP contribution in [0.5, 0.6) is 0 Å². The van der Waals surface area contributed by atoms with E-state index in [-0.39, 0.29) is 29.6 Å². The summed E-state index contributed by atoms with van der Waals surface area (Å²) in [7, 11) is 0. The Labute approximate surface area is 190 Å². The molecule has 1 fully saturated rings. The summed E-state index contributed by atoms with van der Waals surface area (Å²) >= 11 is 0. The van der Waals surface area contributed by atoms with Gasteiger partial charge < -0.3 is 15.1 Å². The number of halogens is 3. The number of amides is 2. The van der Waals surface area contributed by atoms with Crippen LogP contribution in [0.4, 0.5) is 19.0 Å². The molecule has 33 heavy (non-hydrogen) atoms. The molecule has 0 bridgehead atoms. The first-order chi connectivity index (χ1) is 15.5. The van der Waals surface area contributed by atoms with Crippen LogP contribution in [0.25, 0.3) is 0 Å². The molecule has 1 aromatic carbocycles. The fraction of sp³-hybridized carbons (Fsp3) is 0.522. The van der Waals surface area contributed by atoms with Gasteiger partial charge >= 0.3 is 6.18 Å². The second-order valence-electron chi connectivity index (χ2n) is 9.59. The predicted octanol–water partition coefficient (Wildman–Crippen LogP) is 3.87. The van der Waals surface area contributed by atoms with Crippen molar-refractivity contribution in [2.45, 2.75) is 45.5 Å². The monoisotopic (exact) mass is 463 g/mol. The largest absolute Gasteiger partial charge is 0.410 e. The summed E-state index contributed by atoms with van der Waals surface area (Å²) in [5, 5.41) is 7.07. The molecule has 2 amide bonds. The molecule has 1 aromatic heterocycles. The van der Waals surface area contributed by atoms with Crippen LogP contribution in [-0.4, -0.2) is 63.7 Å². The maximum atomic E-state index is 13.9. The first-order valence-corrected chi connectivity index (χ1v) is 11.0. The van der Waals surface area contributed by atoms with Gasteiger partial charge in [0.1, 0.15) is 11.4 Å². The molecule has 2 aliphatic heterocycles. The van der Waals surface area contributed by atoms with Crippen LogP contribution in [0, 0.1) is 5.41 Å². The summed E-state index contributed by atoms with van der Waals surface area (Å²) < 4.78 is 42.5. The third kappa shape index (κ3) is 4.56. The summed E-state index contributed by atoms with van der Waals surface area (Å²) in [6.07, 6.45) is -3.51. The molecule has 0 radical (unpaired) electrons. The second-order valence-corrected chi connectivity index (χ2v) is 9.59. The molecule has 10 heteroatoms. The van der Waals surface area contributed by atoms with E-state index in [4.69, 9.17) is 0 Å². The van der Waals surface area contributed by atoms with Crippen molar-refractivity contribution < 1.29 is 22.8 Å². The molecule has 3 heterocycles. The van der Waals surface area contributed by atoms with Gasteiger partial charge in [-0.25, -0.2) is 4.68 Å². The van der Waals surface area contributed by atoms with E-state index in [1.165, 1.54) is 6.20 Å². The number of aromatic nitrogens is 2. The highest BCUT2D eigenvalue weighted by Gasteiger charge is 2.47. The summed E-state index contributed by atoms with van der Waals surface area (Å²) in [5.41, 5.74) is 0.313. The Balaban J connectivity index is 1.57. The fourth-order valence-electron chi connectivity index (χ4n) is 4.38. The zero-order valence-electron chi connectivity index (χ0n) is 18.9. The molecular formula is C23H28F3N5O2. The van der Waals surface area contributed by atoms with Gasteiger partial charge in [-0.05, 0) is 5.56 Å². The van der Waals surface area contributed by atoms with E-state index in [9.17, 15) is 22.8 Å². The van der Waals surface area contributed by atoms with Crippen LogP contribution in [0.3, 0.4) is 0 Å². The number of alkyl halides is 3. The Kier molecular flexibility index (Phi) is 5.88. The Bertz CT molecular complexity index is 1020. The van der Waals surface area contributed by atoms with Crippen molar-refractivity contribution in [2.75, 3.05) is 31.5 Å². The second kappa shape index (κ2) is 8.39. The molecule has 7 nitrogen and oxygen atoms in total. The first kappa shape index (κ1) is 23.1. The number of hydrogen-bond donors (Lipinski definition) is 1. The van der Waals surface area contributed by atoms with Crippen molar-refractivity contribution >= 4 is 17.6 Å². The van der Waals surface area contributed by atoms with Gasteiger partial charge in [0.2, 0.25) is 5.91 Å². The van der Waals surface area contributed by atoms with Gasteiger partial charge in [-0.3, -0.25) is 9.59 Å². The van der Waals surface area contributed by atoms with Crippen molar-refractivity contribution in [1.82, 2.24) is 19.6 Å². The Morgan fingerprint density at radius 2 is 1.61 bits per heavy atom. The van der Waals surface area contributed by atoms with Crippen molar-refractivity contribution in [3.05, 3.63) is 47.7 Å². The number of carbonyl (C=O) groups is 2. The molecule has 0 spiro atoms. The maximum Gasteiger partial charge on any atom is 0.410 e. The SMILES string of the molecule is CC(C)(C)C(=O)N1CCN(C(=O)c2cnn3c2N[C@H](c2ccccc2)C[C@H]3C(F)(F)F)CC1. The molecule has 0 saturated carbocycles. The van der Waals surface area contributed by atoms with Crippen molar-refractivity contribution in [3.8, 4) is 0 Å². The van der Waals surface area contributed by atoms with Gasteiger partial charge in [0, 0.05) is 38.0 Å². The number of nitrogens with one attached hydrogen (secondary N) is 1. The van der Waals surface area contributed by atoms with Gasteiger partial charge in [0.15, 0.2) is 6.04 Å². The summed E-state index contributed by atoms with van der Waals surface area (Å²) in [6, 6.07) is 6.45. The zero-order valence-corrected chi connectivity index (χ0v) is 18.9. The van der Waals surface area contributed by atoms with E-state index in [1.807, 2.05) is 20.8 Å². The molecule has 1 saturated heterocycles. The third-order valence-corrected chi connectivity index (χ3v) is 6.17. The standard InChI is InChI=1S/C23H28F3N5O2/c1-22(2,3)21(33)30-11-9-29(10-12-30)20(32)16-14-27-31-18(23(24,25)26)13-17(28-19(16)31)15-7-5-4-6-8-15/h4-8,14,17-18,28H,9-13H2,1-3H3/t17-,18-/m0/s1. The normalized spacial score (nSPS) is 21.4. The fourth-order valence-corrected chi connectivity index (χ4v) is 4.38. The maximum absolute atomic E-state index is 13.9. The van der Waals surface area contributed by atoms with Gasteiger partial charge in [-0.1, -0.05) is 51.1 Å². The van der Waals surface area contributed by atoms with Crippen LogP contribution in [-0.2, 0) is 4.79 Å². The van der Waals surface area contributed by atoms with E-state index < -0.39 is 23.7 Å². The van der Waals surface area contributed by atoms with Gasteiger partial charge in [-0.2, -0.15) is 18.3 Å². The van der Waals surface area contributed by atoms with Crippen LogP contribution in [0.2, 0.25) is 0 Å². The highest BCUT2D eigenvalue weighted by molar-refractivity contribution is 5.99. The molecule has 2 atom stereocenters. The molecule has 2 aliphatic rings. The highest BCUT2D eigenvalue weighted by Crippen LogP contribution is 2.44. The van der Waals surface area contributed by atoms with E-state index in [2.05, 4.69) is 10.4 Å². The molecule has 1 N–H and O–H groups in total. The average molecular weight is 464 g/mol. The predicted molar refractivity (Wildman–Crippen MR) is 117 cm³/mol. The summed E-state index contributed by atoms with van der Waals surface area (Å²) in [6.45, 7) is 6.94. The minimum Gasteiger partial charge on any atom is -0.363 e. The number of benzene rings is 1. The number of hydrogen-bond acceptors (Lipinski definition) is 4. The molecular weight excluding hydrogens is 435 g/mol. The van der Waals surface area contributed by atoms with Crippen molar-refractivity contribution in [3.63, 3.8) is 0 Å². The molecule has 0 aliphatic carbocycles. The number of rotatable bonds is 2. The van der Waals surface area contributed by atoms with E-state index in [0.717, 1.165) is 4.68 Å². The quantitative estimate of drug-likeness (QED) is 0.734. The molecule has 4 rings (SSSR count). The Hall–Kier alpha value is -3.04. The minimum absolute atomic E-state index is 0.0119. The number of fused-ring (bicyclic) bond motifs is 1. The number of anilines is 1. The third-order valence-electron chi connectivity index (χ3n) is 6.17.